The van der Waals surface area contributed by atoms with Crippen LogP contribution in [0.25, 0.3) is 0 Å². The Labute approximate surface area is 315 Å². The molecule has 3 saturated heterocycles. The molecule has 0 spiro atoms. The van der Waals surface area contributed by atoms with Gasteiger partial charge in [-0.3, -0.25) is 54.1 Å². The number of hydrogen-bond acceptors (Lipinski definition) is 9. The number of rotatable bonds is 14. The van der Waals surface area contributed by atoms with E-state index in [4.69, 9.17) is 15.1 Å². The average Bonchev–Trinajstić information content (AvgIpc) is 3.64. The predicted octanol–water partition coefficient (Wildman–Crippen LogP) is 4.01. The molecule has 6 amide bonds. The van der Waals surface area contributed by atoms with Gasteiger partial charge in [0.05, 0.1) is 36.5 Å². The molecule has 0 saturated carbocycles. The first-order chi connectivity index (χ1) is 23.4. The molecule has 5 atom stereocenters. The molecule has 4 radical (unpaired) electrons. The van der Waals surface area contributed by atoms with Crippen LogP contribution in [0.4, 0.5) is 17.1 Å². The number of halogens is 2. The van der Waals surface area contributed by atoms with E-state index in [0.29, 0.717) is 23.0 Å². The molecule has 2 aromatic rings. The van der Waals surface area contributed by atoms with Crippen molar-refractivity contribution in [1.29, 1.82) is 0 Å². The molecule has 3 N–H and O–H groups in total. The van der Waals surface area contributed by atoms with Crippen molar-refractivity contribution >= 4 is 123 Å². The van der Waals surface area contributed by atoms with Crippen LogP contribution in [0.1, 0.15) is 26.2 Å². The number of carbonyl (C=O) groups excluding carboxylic acids is 6. The smallest absolute Gasteiger partial charge is 0.241 e. The van der Waals surface area contributed by atoms with Crippen LogP contribution in [0.3, 0.4) is 0 Å². The van der Waals surface area contributed by atoms with Crippen molar-refractivity contribution in [3.05, 3.63) is 65.7 Å². The average molecular weight is 922 g/mol. The summed E-state index contributed by atoms with van der Waals surface area (Å²) in [7, 11) is 12.1. The number of nitrogens with one attached hydrogen (secondary N) is 3. The number of benzene rings is 2. The van der Waals surface area contributed by atoms with Crippen LogP contribution in [0.15, 0.2) is 65.7 Å². The number of para-hydroxylation sites is 1. The summed E-state index contributed by atoms with van der Waals surface area (Å²) < 4.78 is 0. The van der Waals surface area contributed by atoms with Crippen molar-refractivity contribution in [3.8, 4) is 0 Å². The summed E-state index contributed by atoms with van der Waals surface area (Å²) in [5.41, 5.74) is 0.700. The number of amides is 6. The first-order valence-corrected chi connectivity index (χ1v) is 24.0. The summed E-state index contributed by atoms with van der Waals surface area (Å²) in [5.74, 6) is -3.72. The van der Waals surface area contributed by atoms with Crippen molar-refractivity contribution in [2.24, 2.45) is 11.8 Å². The Morgan fingerprint density at radius 1 is 0.755 bits per heavy atom. The molecular formula is C31H32B2I2N6O6P2. The molecule has 0 aliphatic carbocycles. The Morgan fingerprint density at radius 2 is 1.33 bits per heavy atom. The lowest BCUT2D eigenvalue weighted by atomic mass is 9.87. The van der Waals surface area contributed by atoms with Gasteiger partial charge in [-0.05, 0) is 49.5 Å². The van der Waals surface area contributed by atoms with Gasteiger partial charge in [0, 0.05) is 37.3 Å². The highest BCUT2D eigenvalue weighted by Crippen LogP contribution is 2.49. The fourth-order valence-electron chi connectivity index (χ4n) is 6.09. The zero-order valence-corrected chi connectivity index (χ0v) is 32.6. The third kappa shape index (κ3) is 8.81. The molecule has 12 nitrogen and oxygen atoms in total. The molecule has 252 valence electrons. The minimum absolute atomic E-state index is 0.0189. The van der Waals surface area contributed by atoms with Gasteiger partial charge in [0.1, 0.15) is 15.1 Å². The highest BCUT2D eigenvalue weighted by molar-refractivity contribution is 14.2. The fourth-order valence-corrected chi connectivity index (χ4v) is 9.97. The predicted molar refractivity (Wildman–Crippen MR) is 209 cm³/mol. The Balaban J connectivity index is 1.22. The molecule has 5 unspecified atom stereocenters. The highest BCUT2D eigenvalue weighted by Gasteiger charge is 2.45. The molecule has 0 bridgehead atoms. The second kappa shape index (κ2) is 16.9. The largest absolute Gasteiger partial charge is 0.356 e. The standard InChI is InChI=1S/C31H32B2I2N6O6P2/c1-18(22-11-26(42)39(29(22)45)16-36-15-37-17-40-27(43)13-25(31(40)47)49(33)35)24(14-48(32)34)23-12-28(44)41(30(23)46)21-9-7-20(8-10-21)38-19-5-3-2-4-6-19/h2-10,22-23,25,36-38H,11-17H2,1H3/b24-18-. The van der Waals surface area contributed by atoms with Crippen LogP contribution in [0.5, 0.6) is 0 Å². The number of carbonyl (C=O) groups is 6. The van der Waals surface area contributed by atoms with Crippen molar-refractivity contribution in [1.82, 2.24) is 20.4 Å². The molecule has 5 rings (SSSR count). The van der Waals surface area contributed by atoms with E-state index in [1.807, 2.05) is 52.4 Å². The van der Waals surface area contributed by atoms with Gasteiger partial charge < -0.3 is 5.32 Å². The lowest BCUT2D eigenvalue weighted by Gasteiger charge is -2.23. The van der Waals surface area contributed by atoms with E-state index in [2.05, 4.69) is 38.0 Å². The molecule has 0 aromatic heterocycles. The summed E-state index contributed by atoms with van der Waals surface area (Å²) in [4.78, 5) is 81.7. The number of anilines is 3. The van der Waals surface area contributed by atoms with Gasteiger partial charge in [-0.25, -0.2) is 0 Å². The SMILES string of the molecule is [B]P(I)C/C(=C(\C)C1CC(=O)N(CNCNCN2C(=O)CC(P([B])I)C2=O)C1=O)C1CC(=O)N(c2ccc(Nc3ccccc3)cc2)C1=O. The Morgan fingerprint density at radius 3 is 1.92 bits per heavy atom. The van der Waals surface area contributed by atoms with Crippen LogP contribution < -0.4 is 20.9 Å². The first kappa shape index (κ1) is 38.0. The Bertz CT molecular complexity index is 1670. The third-order valence-corrected chi connectivity index (χ3v) is 13.3. The molecule has 3 fully saturated rings. The number of nitrogens with zero attached hydrogens (tertiary/aromatic N) is 3. The normalized spacial score (nSPS) is 23.1. The van der Waals surface area contributed by atoms with Gasteiger partial charge in [0.25, 0.3) is 0 Å². The second-order valence-corrected chi connectivity index (χ2v) is 21.2. The number of imide groups is 3. The van der Waals surface area contributed by atoms with Crippen LogP contribution >= 0.6 is 55.0 Å². The Kier molecular flexibility index (Phi) is 13.1. The van der Waals surface area contributed by atoms with Gasteiger partial charge in [0.15, 0.2) is 0 Å². The maximum Gasteiger partial charge on any atom is 0.241 e. The van der Waals surface area contributed by atoms with E-state index in [1.54, 1.807) is 31.2 Å². The first-order valence-electron chi connectivity index (χ1n) is 15.3. The van der Waals surface area contributed by atoms with Gasteiger partial charge in [0.2, 0.25) is 35.4 Å². The summed E-state index contributed by atoms with van der Waals surface area (Å²) in [6.45, 7) is 1.75. The summed E-state index contributed by atoms with van der Waals surface area (Å²) in [6.07, 6.45) is 0.291. The lowest BCUT2D eigenvalue weighted by Crippen LogP contribution is -2.46. The quantitative estimate of drug-likeness (QED) is 0.0487. The van der Waals surface area contributed by atoms with Gasteiger partial charge in [-0.1, -0.05) is 84.3 Å². The molecule has 2 aromatic carbocycles. The lowest BCUT2D eigenvalue weighted by molar-refractivity contribution is -0.140. The topological polar surface area (TPSA) is 148 Å². The van der Waals surface area contributed by atoms with Gasteiger partial charge in [-0.2, -0.15) is 0 Å². The minimum atomic E-state index is -1.10. The summed E-state index contributed by atoms with van der Waals surface area (Å²) in [6, 6.07) is 16.6. The monoisotopic (exact) mass is 922 g/mol. The number of hydrogen-bond donors (Lipinski definition) is 3. The van der Waals surface area contributed by atoms with Crippen molar-refractivity contribution in [3.63, 3.8) is 0 Å². The molecule has 18 heteroatoms. The van der Waals surface area contributed by atoms with E-state index in [1.165, 1.54) is 4.90 Å². The maximum absolute atomic E-state index is 13.8. The third-order valence-electron chi connectivity index (χ3n) is 8.66. The van der Waals surface area contributed by atoms with Gasteiger partial charge in [-0.15, -0.1) is 0 Å². The van der Waals surface area contributed by atoms with Crippen LogP contribution in [-0.4, -0.2) is 92.2 Å². The van der Waals surface area contributed by atoms with Crippen molar-refractivity contribution in [2.45, 2.75) is 31.8 Å². The maximum atomic E-state index is 13.8. The van der Waals surface area contributed by atoms with E-state index < -0.39 is 34.3 Å². The van der Waals surface area contributed by atoms with E-state index in [9.17, 15) is 28.8 Å². The van der Waals surface area contributed by atoms with Crippen LogP contribution in [0, 0.1) is 11.8 Å². The minimum Gasteiger partial charge on any atom is -0.356 e. The van der Waals surface area contributed by atoms with Crippen molar-refractivity contribution in [2.75, 3.05) is 36.4 Å². The van der Waals surface area contributed by atoms with E-state index in [0.717, 1.165) is 21.2 Å². The summed E-state index contributed by atoms with van der Waals surface area (Å²) >= 11 is 4.09. The number of likely N-dealkylation sites (tertiary alicyclic amines) is 2. The second-order valence-electron chi connectivity index (χ2n) is 11.8. The highest BCUT2D eigenvalue weighted by atomic mass is 127. The molecule has 3 aliphatic heterocycles. The molecular weight excluding hydrogens is 890 g/mol. The summed E-state index contributed by atoms with van der Waals surface area (Å²) in [5, 5.41) is 9.18. The van der Waals surface area contributed by atoms with E-state index in [-0.39, 0.29) is 68.8 Å². The Hall–Kier alpha value is -2.23. The van der Waals surface area contributed by atoms with Gasteiger partial charge >= 0.3 is 0 Å². The molecule has 3 aliphatic rings. The van der Waals surface area contributed by atoms with Crippen LogP contribution in [-0.2, 0) is 28.8 Å². The zero-order valence-electron chi connectivity index (χ0n) is 26.5. The van der Waals surface area contributed by atoms with Crippen molar-refractivity contribution < 1.29 is 28.8 Å². The molecule has 3 heterocycles. The van der Waals surface area contributed by atoms with E-state index >= 15 is 0 Å². The zero-order chi connectivity index (χ0) is 35.4. The fraction of sp³-hybridized carbons (Fsp3) is 0.355. The molecule has 49 heavy (non-hydrogen) atoms. The van der Waals surface area contributed by atoms with Crippen LogP contribution in [0.2, 0.25) is 0 Å².